The predicted molar refractivity (Wildman–Crippen MR) is 35.4 cm³/mol. The molecular weight excluding hydrogens is 168 g/mol. The Balaban J connectivity index is 2.89. The molecule has 0 bridgehead atoms. The van der Waals surface area contributed by atoms with Crippen LogP contribution in [0.2, 0.25) is 0 Å². The van der Waals surface area contributed by atoms with Gasteiger partial charge < -0.3 is 15.2 Å². The van der Waals surface area contributed by atoms with Crippen LogP contribution in [-0.4, -0.2) is 6.09 Å². The third-order valence-corrected chi connectivity index (χ3v) is 1.17. The summed E-state index contributed by atoms with van der Waals surface area (Å²) in [5, 5.41) is 11.7. The van der Waals surface area contributed by atoms with E-state index in [9.17, 15) is 18.7 Å². The molecular formula is C7H4F2NO2-. The van der Waals surface area contributed by atoms with Gasteiger partial charge in [0.1, 0.15) is 6.09 Å². The summed E-state index contributed by atoms with van der Waals surface area (Å²) in [4.78, 5) is 9.93. The summed E-state index contributed by atoms with van der Waals surface area (Å²) in [7, 11) is 0. The Kier molecular flexibility index (Phi) is 2.23. The zero-order valence-corrected chi connectivity index (χ0v) is 5.80. The number of hydrogen-bond donors (Lipinski definition) is 1. The first-order chi connectivity index (χ1) is 5.59. The molecule has 0 aliphatic heterocycles. The van der Waals surface area contributed by atoms with E-state index in [0.29, 0.717) is 0 Å². The van der Waals surface area contributed by atoms with Crippen molar-refractivity contribution < 1.29 is 18.7 Å². The molecule has 0 aliphatic carbocycles. The first kappa shape index (κ1) is 8.45. The highest BCUT2D eigenvalue weighted by Crippen LogP contribution is 2.12. The normalized spacial score (nSPS) is 9.50. The number of anilines is 1. The lowest BCUT2D eigenvalue weighted by atomic mass is 10.3. The van der Waals surface area contributed by atoms with Crippen molar-refractivity contribution in [2.45, 2.75) is 0 Å². The van der Waals surface area contributed by atoms with Gasteiger partial charge in [0.25, 0.3) is 0 Å². The van der Waals surface area contributed by atoms with Gasteiger partial charge in [0, 0.05) is 11.8 Å². The van der Waals surface area contributed by atoms with Gasteiger partial charge in [-0.3, -0.25) is 0 Å². The van der Waals surface area contributed by atoms with Crippen molar-refractivity contribution in [2.75, 3.05) is 5.32 Å². The Hall–Kier alpha value is -1.65. The molecule has 1 amide bonds. The first-order valence-corrected chi connectivity index (χ1v) is 3.02. The van der Waals surface area contributed by atoms with Gasteiger partial charge in [0.05, 0.1) is 0 Å². The van der Waals surface area contributed by atoms with Gasteiger partial charge in [-0.1, -0.05) is 0 Å². The summed E-state index contributed by atoms with van der Waals surface area (Å²) in [6.07, 6.45) is -1.57. The predicted octanol–water partition coefficient (Wildman–Crippen LogP) is 0.720. The van der Waals surface area contributed by atoms with Gasteiger partial charge in [-0.2, -0.15) is 0 Å². The maximum atomic E-state index is 12.4. The van der Waals surface area contributed by atoms with Gasteiger partial charge in [0.15, 0.2) is 11.6 Å². The van der Waals surface area contributed by atoms with Crippen molar-refractivity contribution in [1.29, 1.82) is 0 Å². The lowest BCUT2D eigenvalue weighted by Gasteiger charge is -2.05. The average Bonchev–Trinajstić information content (AvgIpc) is 1.96. The number of halogens is 2. The van der Waals surface area contributed by atoms with Crippen LogP contribution in [0.3, 0.4) is 0 Å². The van der Waals surface area contributed by atoms with Crippen LogP contribution in [0.5, 0.6) is 0 Å². The molecule has 1 N–H and O–H groups in total. The van der Waals surface area contributed by atoms with E-state index < -0.39 is 17.7 Å². The van der Waals surface area contributed by atoms with Crippen LogP contribution in [0.1, 0.15) is 0 Å². The van der Waals surface area contributed by atoms with Crippen LogP contribution in [0.25, 0.3) is 0 Å². The van der Waals surface area contributed by atoms with Crippen molar-refractivity contribution in [2.24, 2.45) is 0 Å². The minimum Gasteiger partial charge on any atom is -0.530 e. The number of benzene rings is 1. The van der Waals surface area contributed by atoms with Crippen LogP contribution in [0, 0.1) is 11.6 Å². The molecule has 0 atom stereocenters. The number of carbonyl (C=O) groups is 1. The van der Waals surface area contributed by atoms with E-state index in [0.717, 1.165) is 18.2 Å². The summed E-state index contributed by atoms with van der Waals surface area (Å²) < 4.78 is 24.7. The molecule has 1 rings (SSSR count). The van der Waals surface area contributed by atoms with Crippen molar-refractivity contribution in [3.8, 4) is 0 Å². The fraction of sp³-hybridized carbons (Fsp3) is 0. The third-order valence-electron chi connectivity index (χ3n) is 1.17. The molecule has 5 heteroatoms. The lowest BCUT2D eigenvalue weighted by molar-refractivity contribution is -0.242. The molecule has 0 unspecified atom stereocenters. The maximum Gasteiger partial charge on any atom is 0.160 e. The molecule has 0 aromatic heterocycles. The summed E-state index contributed by atoms with van der Waals surface area (Å²) in [6.45, 7) is 0. The zero-order chi connectivity index (χ0) is 9.14. The fourth-order valence-electron chi connectivity index (χ4n) is 0.692. The number of carbonyl (C=O) groups excluding carboxylic acids is 1. The van der Waals surface area contributed by atoms with Gasteiger partial charge in [0.2, 0.25) is 0 Å². The third kappa shape index (κ3) is 1.91. The van der Waals surface area contributed by atoms with E-state index in [2.05, 4.69) is 0 Å². The van der Waals surface area contributed by atoms with Crippen molar-refractivity contribution >= 4 is 11.8 Å². The molecule has 0 aliphatic rings. The number of hydrogen-bond acceptors (Lipinski definition) is 2. The van der Waals surface area contributed by atoms with Crippen LogP contribution >= 0.6 is 0 Å². The van der Waals surface area contributed by atoms with Gasteiger partial charge >= 0.3 is 0 Å². The van der Waals surface area contributed by atoms with Crippen LogP contribution in [0.15, 0.2) is 18.2 Å². The highest BCUT2D eigenvalue weighted by Gasteiger charge is 2.01. The van der Waals surface area contributed by atoms with Crippen LogP contribution in [0.4, 0.5) is 19.3 Å². The highest BCUT2D eigenvalue weighted by molar-refractivity contribution is 5.80. The Labute approximate surface area is 66.6 Å². The van der Waals surface area contributed by atoms with E-state index in [1.54, 1.807) is 5.32 Å². The molecule has 0 fully saturated rings. The molecule has 64 valence electrons. The number of carboxylic acid groups (broad SMARTS) is 1. The molecule has 12 heavy (non-hydrogen) atoms. The molecule has 0 saturated carbocycles. The first-order valence-electron chi connectivity index (χ1n) is 3.02. The second kappa shape index (κ2) is 3.17. The Morgan fingerprint density at radius 1 is 1.33 bits per heavy atom. The van der Waals surface area contributed by atoms with E-state index in [4.69, 9.17) is 0 Å². The number of nitrogens with one attached hydrogen (secondary N) is 1. The Morgan fingerprint density at radius 3 is 2.50 bits per heavy atom. The highest BCUT2D eigenvalue weighted by atomic mass is 19.2. The average molecular weight is 172 g/mol. The van der Waals surface area contributed by atoms with E-state index in [-0.39, 0.29) is 5.69 Å². The topological polar surface area (TPSA) is 52.2 Å². The van der Waals surface area contributed by atoms with Gasteiger partial charge in [-0.05, 0) is 12.1 Å². The number of amides is 1. The fourth-order valence-corrected chi connectivity index (χ4v) is 0.692. The second-order valence-corrected chi connectivity index (χ2v) is 2.04. The molecule has 1 aromatic carbocycles. The van der Waals surface area contributed by atoms with E-state index in [1.807, 2.05) is 0 Å². The smallest absolute Gasteiger partial charge is 0.160 e. The summed E-state index contributed by atoms with van der Waals surface area (Å²) >= 11 is 0. The molecule has 3 nitrogen and oxygen atoms in total. The SMILES string of the molecule is O=C([O-])Nc1ccc(F)c(F)c1. The largest absolute Gasteiger partial charge is 0.530 e. The number of rotatable bonds is 1. The zero-order valence-electron chi connectivity index (χ0n) is 5.80. The van der Waals surface area contributed by atoms with Gasteiger partial charge in [-0.15, -0.1) is 0 Å². The van der Waals surface area contributed by atoms with Gasteiger partial charge in [-0.25, -0.2) is 8.78 Å². The summed E-state index contributed by atoms with van der Waals surface area (Å²) in [6, 6.07) is 2.64. The van der Waals surface area contributed by atoms with Crippen LogP contribution in [-0.2, 0) is 0 Å². The Bertz CT molecular complexity index is 314. The molecule has 0 spiro atoms. The molecule has 0 radical (unpaired) electrons. The van der Waals surface area contributed by atoms with Crippen LogP contribution < -0.4 is 10.4 Å². The quantitative estimate of drug-likeness (QED) is 0.678. The summed E-state index contributed by atoms with van der Waals surface area (Å²) in [5.41, 5.74) is -0.0612. The van der Waals surface area contributed by atoms with Crippen molar-refractivity contribution in [3.63, 3.8) is 0 Å². The van der Waals surface area contributed by atoms with E-state index in [1.165, 1.54) is 0 Å². The maximum absolute atomic E-state index is 12.4. The van der Waals surface area contributed by atoms with E-state index >= 15 is 0 Å². The monoisotopic (exact) mass is 172 g/mol. The minimum absolute atomic E-state index is 0.0612. The standard InChI is InChI=1S/C7H5F2NO2/c8-5-2-1-4(3-6(5)9)10-7(11)12/h1-3,10H,(H,11,12)/p-1. The lowest BCUT2D eigenvalue weighted by Crippen LogP contribution is -2.28. The summed E-state index contributed by atoms with van der Waals surface area (Å²) in [5.74, 6) is -2.14. The van der Waals surface area contributed by atoms with Crippen molar-refractivity contribution in [1.82, 2.24) is 0 Å². The Morgan fingerprint density at radius 2 is 2.00 bits per heavy atom. The molecule has 0 heterocycles. The molecule has 0 saturated heterocycles. The second-order valence-electron chi connectivity index (χ2n) is 2.04. The minimum atomic E-state index is -1.57. The van der Waals surface area contributed by atoms with Crippen molar-refractivity contribution in [3.05, 3.63) is 29.8 Å². The molecule has 1 aromatic rings.